The lowest BCUT2D eigenvalue weighted by atomic mass is 10.0. The third-order valence-electron chi connectivity index (χ3n) is 5.30. The van der Waals surface area contributed by atoms with Gasteiger partial charge < -0.3 is 9.84 Å². The Morgan fingerprint density at radius 3 is 2.76 bits per heavy atom. The van der Waals surface area contributed by atoms with Crippen LogP contribution in [0.1, 0.15) is 68.3 Å². The van der Waals surface area contributed by atoms with Crippen LogP contribution < -0.4 is 5.32 Å². The average Bonchev–Trinajstić information content (AvgIpc) is 3.54. The summed E-state index contributed by atoms with van der Waals surface area (Å²) in [6, 6.07) is 10.4. The zero-order valence-corrected chi connectivity index (χ0v) is 14.6. The maximum absolute atomic E-state index is 12.4. The monoisotopic (exact) mass is 339 g/mol. The summed E-state index contributed by atoms with van der Waals surface area (Å²) in [7, 11) is 0. The van der Waals surface area contributed by atoms with Crippen molar-refractivity contribution in [3.05, 3.63) is 47.6 Å². The first kappa shape index (κ1) is 16.3. The lowest BCUT2D eigenvalue weighted by molar-refractivity contribution is -0.122. The zero-order chi connectivity index (χ0) is 17.2. The molecule has 0 spiro atoms. The van der Waals surface area contributed by atoms with Crippen LogP contribution in [0.5, 0.6) is 0 Å². The van der Waals surface area contributed by atoms with E-state index in [1.165, 1.54) is 24.8 Å². The molecular formula is C20H25N3O2. The number of hydrogen-bond acceptors (Lipinski definition) is 4. The predicted molar refractivity (Wildman–Crippen MR) is 93.8 cm³/mol. The molecule has 0 saturated heterocycles. The Balaban J connectivity index is 1.28. The molecule has 0 radical (unpaired) electrons. The Labute approximate surface area is 148 Å². The second-order valence-electron chi connectivity index (χ2n) is 7.51. The van der Waals surface area contributed by atoms with Gasteiger partial charge in [0.25, 0.3) is 0 Å². The Hall–Kier alpha value is -2.17. The molecule has 132 valence electrons. The molecule has 2 fully saturated rings. The van der Waals surface area contributed by atoms with Crippen molar-refractivity contribution in [2.45, 2.75) is 57.4 Å². The van der Waals surface area contributed by atoms with Crippen molar-refractivity contribution < 1.29 is 9.32 Å². The maximum Gasteiger partial charge on any atom is 0.226 e. The number of benzene rings is 1. The van der Waals surface area contributed by atoms with E-state index >= 15 is 0 Å². The van der Waals surface area contributed by atoms with E-state index in [9.17, 15) is 4.79 Å². The van der Waals surface area contributed by atoms with Gasteiger partial charge in [-0.15, -0.1) is 0 Å². The predicted octanol–water partition coefficient (Wildman–Crippen LogP) is 3.78. The maximum atomic E-state index is 12.4. The van der Waals surface area contributed by atoms with Crippen molar-refractivity contribution in [2.24, 2.45) is 11.8 Å². The molecule has 2 aliphatic rings. The fourth-order valence-corrected chi connectivity index (χ4v) is 3.44. The molecule has 5 nitrogen and oxygen atoms in total. The van der Waals surface area contributed by atoms with Gasteiger partial charge >= 0.3 is 0 Å². The van der Waals surface area contributed by atoms with Gasteiger partial charge in [-0.05, 0) is 43.1 Å². The highest BCUT2D eigenvalue weighted by Crippen LogP contribution is 2.47. The third-order valence-corrected chi connectivity index (χ3v) is 5.30. The molecule has 1 aromatic heterocycles. The molecule has 4 rings (SSSR count). The van der Waals surface area contributed by atoms with E-state index in [1.807, 2.05) is 18.2 Å². The number of nitrogens with one attached hydrogen (secondary N) is 1. The highest BCUT2D eigenvalue weighted by molar-refractivity contribution is 5.76. The first-order chi connectivity index (χ1) is 12.2. The average molecular weight is 339 g/mol. The summed E-state index contributed by atoms with van der Waals surface area (Å²) < 4.78 is 5.27. The van der Waals surface area contributed by atoms with Gasteiger partial charge in [-0.2, -0.15) is 4.98 Å². The molecule has 0 unspecified atom stereocenters. The normalized spacial score (nSPS) is 23.2. The van der Waals surface area contributed by atoms with Gasteiger partial charge in [0.05, 0.1) is 6.04 Å². The minimum Gasteiger partial charge on any atom is -0.349 e. The van der Waals surface area contributed by atoms with Gasteiger partial charge in [-0.25, -0.2) is 0 Å². The number of aryl methyl sites for hydroxylation is 1. The van der Waals surface area contributed by atoms with Gasteiger partial charge in [0.15, 0.2) is 5.82 Å². The SMILES string of the molecule is C[C@H]1C[C@@H]1[C@@H](NC(=O)CCCc1nc(C2CC2)no1)c1ccccc1. The quantitative estimate of drug-likeness (QED) is 0.794. The Morgan fingerprint density at radius 1 is 1.32 bits per heavy atom. The number of hydrogen-bond donors (Lipinski definition) is 1. The van der Waals surface area contributed by atoms with Crippen LogP contribution in [0.2, 0.25) is 0 Å². The van der Waals surface area contributed by atoms with Crippen molar-refractivity contribution in [1.82, 2.24) is 15.5 Å². The fourth-order valence-electron chi connectivity index (χ4n) is 3.44. The third kappa shape index (κ3) is 4.09. The minimum atomic E-state index is 0.106. The second kappa shape index (κ2) is 6.98. The summed E-state index contributed by atoms with van der Waals surface area (Å²) in [5, 5.41) is 7.26. The summed E-state index contributed by atoms with van der Waals surface area (Å²) in [6.07, 6.45) is 5.42. The lowest BCUT2D eigenvalue weighted by Crippen LogP contribution is -2.30. The van der Waals surface area contributed by atoms with E-state index in [4.69, 9.17) is 4.52 Å². The van der Waals surface area contributed by atoms with E-state index in [1.54, 1.807) is 0 Å². The smallest absolute Gasteiger partial charge is 0.226 e. The summed E-state index contributed by atoms with van der Waals surface area (Å²) in [4.78, 5) is 16.8. The summed E-state index contributed by atoms with van der Waals surface area (Å²) >= 11 is 0. The lowest BCUT2D eigenvalue weighted by Gasteiger charge is -2.19. The second-order valence-corrected chi connectivity index (χ2v) is 7.51. The Bertz CT molecular complexity index is 724. The number of amides is 1. The molecule has 1 amide bonds. The summed E-state index contributed by atoms with van der Waals surface area (Å²) in [6.45, 7) is 2.25. The largest absolute Gasteiger partial charge is 0.349 e. The zero-order valence-electron chi connectivity index (χ0n) is 14.6. The van der Waals surface area contributed by atoms with Crippen LogP contribution in [0, 0.1) is 11.8 Å². The van der Waals surface area contributed by atoms with Gasteiger partial charge in [0.1, 0.15) is 0 Å². The molecule has 1 N–H and O–H groups in total. The molecule has 0 aliphatic heterocycles. The van der Waals surface area contributed by atoms with Crippen molar-refractivity contribution in [1.29, 1.82) is 0 Å². The first-order valence-electron chi connectivity index (χ1n) is 9.37. The molecular weight excluding hydrogens is 314 g/mol. The number of aromatic nitrogens is 2. The summed E-state index contributed by atoms with van der Waals surface area (Å²) in [5.74, 6) is 3.35. The van der Waals surface area contributed by atoms with E-state index in [2.05, 4.69) is 34.5 Å². The number of nitrogens with zero attached hydrogens (tertiary/aromatic N) is 2. The topological polar surface area (TPSA) is 68.0 Å². The molecule has 2 aromatic rings. The standard InChI is InChI=1S/C20H25N3O2/c1-13-12-16(13)19(14-6-3-2-4-7-14)21-17(24)8-5-9-18-22-20(23-25-18)15-10-11-15/h2-4,6-7,13,15-16,19H,5,8-12H2,1H3,(H,21,24)/t13-,16-,19-/m0/s1. The van der Waals surface area contributed by atoms with Crippen molar-refractivity contribution in [2.75, 3.05) is 0 Å². The highest BCUT2D eigenvalue weighted by Gasteiger charge is 2.40. The van der Waals surface area contributed by atoms with Crippen LogP contribution in [-0.2, 0) is 11.2 Å². The van der Waals surface area contributed by atoms with Crippen LogP contribution in [0.15, 0.2) is 34.9 Å². The van der Waals surface area contributed by atoms with Gasteiger partial charge in [-0.1, -0.05) is 42.4 Å². The van der Waals surface area contributed by atoms with Crippen molar-refractivity contribution >= 4 is 5.91 Å². The number of rotatable bonds is 8. The van der Waals surface area contributed by atoms with Crippen LogP contribution in [0.25, 0.3) is 0 Å². The van der Waals surface area contributed by atoms with Gasteiger partial charge in [0, 0.05) is 18.8 Å². The fraction of sp³-hybridized carbons (Fsp3) is 0.550. The van der Waals surface area contributed by atoms with Crippen LogP contribution in [0.4, 0.5) is 0 Å². The Morgan fingerprint density at radius 2 is 2.08 bits per heavy atom. The molecule has 5 heteroatoms. The molecule has 1 heterocycles. The number of carbonyl (C=O) groups is 1. The number of carbonyl (C=O) groups excluding carboxylic acids is 1. The van der Waals surface area contributed by atoms with E-state index in [-0.39, 0.29) is 11.9 Å². The highest BCUT2D eigenvalue weighted by atomic mass is 16.5. The van der Waals surface area contributed by atoms with E-state index in [0.29, 0.717) is 36.5 Å². The molecule has 2 aliphatic carbocycles. The first-order valence-corrected chi connectivity index (χ1v) is 9.37. The van der Waals surface area contributed by atoms with Gasteiger partial charge in [0.2, 0.25) is 11.8 Å². The van der Waals surface area contributed by atoms with Crippen molar-refractivity contribution in [3.8, 4) is 0 Å². The van der Waals surface area contributed by atoms with Crippen LogP contribution in [0.3, 0.4) is 0 Å². The minimum absolute atomic E-state index is 0.106. The summed E-state index contributed by atoms with van der Waals surface area (Å²) in [5.41, 5.74) is 1.20. The molecule has 2 saturated carbocycles. The molecule has 0 bridgehead atoms. The molecule has 1 aromatic carbocycles. The molecule has 3 atom stereocenters. The van der Waals surface area contributed by atoms with E-state index in [0.717, 1.165) is 12.2 Å². The van der Waals surface area contributed by atoms with Crippen LogP contribution in [-0.4, -0.2) is 16.0 Å². The van der Waals surface area contributed by atoms with Gasteiger partial charge in [-0.3, -0.25) is 4.79 Å². The Kier molecular flexibility index (Phi) is 4.55. The van der Waals surface area contributed by atoms with E-state index < -0.39 is 0 Å². The van der Waals surface area contributed by atoms with Crippen molar-refractivity contribution in [3.63, 3.8) is 0 Å². The molecule has 25 heavy (non-hydrogen) atoms. The van der Waals surface area contributed by atoms with Crippen LogP contribution >= 0.6 is 0 Å².